The number of nitrogens with zero attached hydrogens (tertiary/aromatic N) is 1. The Bertz CT molecular complexity index is 438. The molecule has 0 unspecified atom stereocenters. The topological polar surface area (TPSA) is 33.1 Å². The van der Waals surface area contributed by atoms with Crippen LogP contribution in [0.15, 0.2) is 29.6 Å². The summed E-state index contributed by atoms with van der Waals surface area (Å²) >= 11 is 1.51. The van der Waals surface area contributed by atoms with Crippen LogP contribution in [0.2, 0.25) is 0 Å². The van der Waals surface area contributed by atoms with Crippen LogP contribution in [0.1, 0.15) is 16.3 Å². The van der Waals surface area contributed by atoms with Crippen LogP contribution in [0, 0.1) is 5.82 Å². The Morgan fingerprint density at radius 2 is 2.00 bits per heavy atom. The third-order valence-electron chi connectivity index (χ3n) is 2.03. The van der Waals surface area contributed by atoms with Gasteiger partial charge in [0.1, 0.15) is 5.82 Å². The minimum atomic E-state index is -0.228. The van der Waals surface area contributed by atoms with Crippen molar-refractivity contribution in [1.29, 1.82) is 0 Å². The van der Waals surface area contributed by atoms with E-state index in [0.29, 0.717) is 12.1 Å². The van der Waals surface area contributed by atoms with Gasteiger partial charge in [-0.15, -0.1) is 11.3 Å². The Morgan fingerprint density at radius 1 is 1.27 bits per heavy atom. The van der Waals surface area contributed by atoms with Gasteiger partial charge in [0.15, 0.2) is 0 Å². The molecule has 15 heavy (non-hydrogen) atoms. The van der Waals surface area contributed by atoms with Crippen LogP contribution in [0.25, 0.3) is 0 Å². The molecule has 0 saturated carbocycles. The summed E-state index contributed by atoms with van der Waals surface area (Å²) in [5.41, 5.74) is 1.72. The molecule has 0 fully saturated rings. The molecule has 0 aliphatic heterocycles. The summed E-state index contributed by atoms with van der Waals surface area (Å²) < 4.78 is 12.6. The molecule has 0 spiro atoms. The molecule has 1 aromatic carbocycles. The maximum Gasteiger partial charge on any atom is 0.123 e. The van der Waals surface area contributed by atoms with Crippen molar-refractivity contribution in [3.05, 3.63) is 51.7 Å². The van der Waals surface area contributed by atoms with Gasteiger partial charge < -0.3 is 5.11 Å². The predicted octanol–water partition coefficient (Wildman–Crippen LogP) is 2.37. The van der Waals surface area contributed by atoms with Gasteiger partial charge >= 0.3 is 0 Å². The number of aliphatic hydroxyl groups is 1. The molecule has 1 aromatic heterocycles. The minimum absolute atomic E-state index is 0.0279. The van der Waals surface area contributed by atoms with Crippen LogP contribution in [0.3, 0.4) is 0 Å². The molecule has 0 saturated heterocycles. The first kappa shape index (κ1) is 10.3. The first-order chi connectivity index (χ1) is 7.28. The molecule has 4 heteroatoms. The molecular formula is C11H10FNOS. The van der Waals surface area contributed by atoms with E-state index in [0.717, 1.165) is 10.6 Å². The standard InChI is InChI=1S/C11H10FNOS/c12-9-3-1-8(2-4-9)5-11-13-10(6-14)7-15-11/h1-4,7,14H,5-6H2. The van der Waals surface area contributed by atoms with Crippen molar-refractivity contribution in [3.8, 4) is 0 Å². The first-order valence-electron chi connectivity index (χ1n) is 4.56. The van der Waals surface area contributed by atoms with Crippen LogP contribution < -0.4 is 0 Å². The summed E-state index contributed by atoms with van der Waals surface area (Å²) in [6.45, 7) is -0.0279. The van der Waals surface area contributed by atoms with E-state index in [1.165, 1.54) is 23.5 Å². The second kappa shape index (κ2) is 4.51. The van der Waals surface area contributed by atoms with Crippen LogP contribution in [0.5, 0.6) is 0 Å². The number of hydrogen-bond donors (Lipinski definition) is 1. The van der Waals surface area contributed by atoms with Crippen molar-refractivity contribution in [3.63, 3.8) is 0 Å². The van der Waals surface area contributed by atoms with Crippen LogP contribution in [-0.4, -0.2) is 10.1 Å². The number of aromatic nitrogens is 1. The van der Waals surface area contributed by atoms with Gasteiger partial charge in [-0.1, -0.05) is 12.1 Å². The quantitative estimate of drug-likeness (QED) is 0.866. The van der Waals surface area contributed by atoms with E-state index in [-0.39, 0.29) is 12.4 Å². The van der Waals surface area contributed by atoms with Crippen LogP contribution in [-0.2, 0) is 13.0 Å². The lowest BCUT2D eigenvalue weighted by Crippen LogP contribution is -1.89. The molecule has 0 radical (unpaired) electrons. The Balaban J connectivity index is 2.11. The van der Waals surface area contributed by atoms with Gasteiger partial charge in [0.05, 0.1) is 17.3 Å². The lowest BCUT2D eigenvalue weighted by molar-refractivity contribution is 0.277. The minimum Gasteiger partial charge on any atom is -0.390 e. The molecule has 0 atom stereocenters. The zero-order valence-electron chi connectivity index (χ0n) is 7.98. The monoisotopic (exact) mass is 223 g/mol. The number of benzene rings is 1. The Morgan fingerprint density at radius 3 is 2.60 bits per heavy atom. The van der Waals surface area contributed by atoms with E-state index in [2.05, 4.69) is 4.98 Å². The van der Waals surface area contributed by atoms with Crippen LogP contribution >= 0.6 is 11.3 Å². The second-order valence-corrected chi connectivity index (χ2v) is 4.14. The fourth-order valence-corrected chi connectivity index (χ4v) is 2.10. The van der Waals surface area contributed by atoms with Gasteiger partial charge in [0, 0.05) is 11.8 Å². The molecule has 1 N–H and O–H groups in total. The van der Waals surface area contributed by atoms with Crippen molar-refractivity contribution in [2.45, 2.75) is 13.0 Å². The highest BCUT2D eigenvalue weighted by atomic mass is 32.1. The van der Waals surface area contributed by atoms with Gasteiger partial charge in [-0.3, -0.25) is 0 Å². The lowest BCUT2D eigenvalue weighted by Gasteiger charge is -1.97. The fourth-order valence-electron chi connectivity index (χ4n) is 1.28. The van der Waals surface area contributed by atoms with E-state index in [1.807, 2.05) is 5.38 Å². The first-order valence-corrected chi connectivity index (χ1v) is 5.44. The molecule has 0 aliphatic rings. The molecule has 0 aliphatic carbocycles. The SMILES string of the molecule is OCc1csc(Cc2ccc(F)cc2)n1. The molecule has 2 nitrogen and oxygen atoms in total. The van der Waals surface area contributed by atoms with Crippen molar-refractivity contribution >= 4 is 11.3 Å². The largest absolute Gasteiger partial charge is 0.390 e. The highest BCUT2D eigenvalue weighted by molar-refractivity contribution is 7.09. The molecule has 0 amide bonds. The van der Waals surface area contributed by atoms with Gasteiger partial charge in [-0.05, 0) is 17.7 Å². The van der Waals surface area contributed by atoms with Crippen molar-refractivity contribution in [1.82, 2.24) is 4.98 Å². The normalized spacial score (nSPS) is 10.5. The average molecular weight is 223 g/mol. The third-order valence-corrected chi connectivity index (χ3v) is 2.93. The van der Waals surface area contributed by atoms with E-state index in [1.54, 1.807) is 12.1 Å². The maximum atomic E-state index is 12.6. The Hall–Kier alpha value is -1.26. The van der Waals surface area contributed by atoms with E-state index >= 15 is 0 Å². The summed E-state index contributed by atoms with van der Waals surface area (Å²) in [6.07, 6.45) is 0.685. The summed E-state index contributed by atoms with van der Waals surface area (Å²) in [7, 11) is 0. The molecule has 78 valence electrons. The zero-order valence-corrected chi connectivity index (χ0v) is 8.80. The number of halogens is 1. The fraction of sp³-hybridized carbons (Fsp3) is 0.182. The second-order valence-electron chi connectivity index (χ2n) is 3.19. The lowest BCUT2D eigenvalue weighted by atomic mass is 10.1. The van der Waals surface area contributed by atoms with Gasteiger partial charge in [-0.2, -0.15) is 0 Å². The van der Waals surface area contributed by atoms with Gasteiger partial charge in [-0.25, -0.2) is 9.37 Å². The highest BCUT2D eigenvalue weighted by Crippen LogP contribution is 2.15. The summed E-state index contributed by atoms with van der Waals surface area (Å²) in [6, 6.07) is 6.37. The molecule has 0 bridgehead atoms. The van der Waals surface area contributed by atoms with Crippen LogP contribution in [0.4, 0.5) is 4.39 Å². The number of rotatable bonds is 3. The maximum absolute atomic E-state index is 12.6. The summed E-state index contributed by atoms with van der Waals surface area (Å²) in [4.78, 5) is 4.22. The predicted molar refractivity (Wildman–Crippen MR) is 57.2 cm³/mol. The zero-order chi connectivity index (χ0) is 10.7. The Kier molecular flexibility index (Phi) is 3.08. The van der Waals surface area contributed by atoms with E-state index in [9.17, 15) is 4.39 Å². The summed E-state index contributed by atoms with van der Waals surface area (Å²) in [5, 5.41) is 11.6. The molecular weight excluding hydrogens is 213 g/mol. The number of hydrogen-bond acceptors (Lipinski definition) is 3. The smallest absolute Gasteiger partial charge is 0.123 e. The Labute approximate surface area is 91.0 Å². The molecule has 1 heterocycles. The average Bonchev–Trinajstić information content (AvgIpc) is 2.69. The van der Waals surface area contributed by atoms with E-state index in [4.69, 9.17) is 5.11 Å². The van der Waals surface area contributed by atoms with Gasteiger partial charge in [0.2, 0.25) is 0 Å². The van der Waals surface area contributed by atoms with Crippen molar-refractivity contribution < 1.29 is 9.50 Å². The van der Waals surface area contributed by atoms with Crippen molar-refractivity contribution in [2.75, 3.05) is 0 Å². The van der Waals surface area contributed by atoms with Gasteiger partial charge in [0.25, 0.3) is 0 Å². The molecule has 2 aromatic rings. The van der Waals surface area contributed by atoms with Crippen molar-refractivity contribution in [2.24, 2.45) is 0 Å². The number of aliphatic hydroxyl groups excluding tert-OH is 1. The highest BCUT2D eigenvalue weighted by Gasteiger charge is 2.02. The van der Waals surface area contributed by atoms with E-state index < -0.39 is 0 Å². The summed E-state index contributed by atoms with van der Waals surface area (Å²) in [5.74, 6) is -0.228. The number of thiazole rings is 1. The third kappa shape index (κ3) is 2.61. The molecule has 2 rings (SSSR count).